The maximum atomic E-state index is 9.64. The van der Waals surface area contributed by atoms with E-state index in [1.807, 2.05) is 24.3 Å². The van der Waals surface area contributed by atoms with E-state index in [-0.39, 0.29) is 13.2 Å². The van der Waals surface area contributed by atoms with Crippen LogP contribution in [0.4, 0.5) is 5.82 Å². The number of hydrogen-bond acceptors (Lipinski definition) is 5. The van der Waals surface area contributed by atoms with Crippen molar-refractivity contribution in [1.29, 1.82) is 0 Å². The number of aliphatic hydroxyl groups excluding tert-OH is 1. The highest BCUT2D eigenvalue weighted by Gasteiger charge is 2.18. The van der Waals surface area contributed by atoms with Crippen LogP contribution < -0.4 is 5.32 Å². The first-order valence-electron chi connectivity index (χ1n) is 5.40. The van der Waals surface area contributed by atoms with Crippen LogP contribution in [0.2, 0.25) is 0 Å². The molecule has 0 spiro atoms. The molecule has 0 radical (unpaired) electrons. The van der Waals surface area contributed by atoms with E-state index in [1.54, 1.807) is 13.1 Å². The minimum atomic E-state index is -1.16. The Balaban J connectivity index is 2.14. The van der Waals surface area contributed by atoms with E-state index in [0.717, 1.165) is 11.0 Å². The van der Waals surface area contributed by atoms with Gasteiger partial charge in [-0.3, -0.25) is 4.98 Å². The van der Waals surface area contributed by atoms with Crippen LogP contribution in [0.3, 0.4) is 0 Å². The van der Waals surface area contributed by atoms with Gasteiger partial charge in [0, 0.05) is 6.54 Å². The fraction of sp³-hybridized carbons (Fsp3) is 0.333. The molecule has 0 aliphatic heterocycles. The van der Waals surface area contributed by atoms with Gasteiger partial charge in [-0.25, -0.2) is 4.98 Å². The Morgan fingerprint density at radius 1 is 1.29 bits per heavy atom. The molecular formula is C12H15N3O2. The van der Waals surface area contributed by atoms with Crippen molar-refractivity contribution in [3.05, 3.63) is 30.5 Å². The fourth-order valence-electron chi connectivity index (χ4n) is 1.38. The number of para-hydroxylation sites is 2. The van der Waals surface area contributed by atoms with Crippen LogP contribution >= 0.6 is 0 Å². The normalized spacial score (nSPS) is 14.5. The molecule has 0 aliphatic rings. The van der Waals surface area contributed by atoms with Crippen LogP contribution in [0, 0.1) is 0 Å². The first-order valence-corrected chi connectivity index (χ1v) is 5.40. The number of aliphatic hydroxyl groups is 2. The average Bonchev–Trinajstić information content (AvgIpc) is 2.36. The van der Waals surface area contributed by atoms with Crippen molar-refractivity contribution < 1.29 is 10.2 Å². The number of anilines is 1. The van der Waals surface area contributed by atoms with E-state index >= 15 is 0 Å². The highest BCUT2D eigenvalue weighted by atomic mass is 16.3. The Kier molecular flexibility index (Phi) is 3.21. The Labute approximate surface area is 99.2 Å². The van der Waals surface area contributed by atoms with Crippen LogP contribution in [0.5, 0.6) is 0 Å². The van der Waals surface area contributed by atoms with Gasteiger partial charge in [-0.1, -0.05) is 12.1 Å². The lowest BCUT2D eigenvalue weighted by atomic mass is 10.1. The third-order valence-corrected chi connectivity index (χ3v) is 2.44. The summed E-state index contributed by atoms with van der Waals surface area (Å²) in [5, 5.41) is 21.5. The van der Waals surface area contributed by atoms with Crippen LogP contribution in [0.1, 0.15) is 6.92 Å². The molecule has 0 saturated heterocycles. The zero-order valence-electron chi connectivity index (χ0n) is 9.59. The number of benzene rings is 1. The molecule has 0 aliphatic carbocycles. The van der Waals surface area contributed by atoms with E-state index in [2.05, 4.69) is 15.3 Å². The quantitative estimate of drug-likeness (QED) is 0.727. The lowest BCUT2D eigenvalue weighted by Gasteiger charge is -2.20. The minimum Gasteiger partial charge on any atom is -0.393 e. The van der Waals surface area contributed by atoms with Crippen LogP contribution in [-0.4, -0.2) is 38.9 Å². The second-order valence-electron chi connectivity index (χ2n) is 4.25. The molecule has 90 valence electrons. The van der Waals surface area contributed by atoms with Gasteiger partial charge in [0.25, 0.3) is 0 Å². The molecule has 2 rings (SSSR count). The number of fused-ring (bicyclic) bond motifs is 1. The Hall–Kier alpha value is -1.72. The lowest BCUT2D eigenvalue weighted by molar-refractivity contribution is 0.0132. The van der Waals surface area contributed by atoms with Crippen LogP contribution in [-0.2, 0) is 0 Å². The largest absolute Gasteiger partial charge is 0.393 e. The lowest BCUT2D eigenvalue weighted by Crippen LogP contribution is -2.37. The summed E-state index contributed by atoms with van der Waals surface area (Å²) in [6.45, 7) is 1.46. The second-order valence-corrected chi connectivity index (χ2v) is 4.25. The summed E-state index contributed by atoms with van der Waals surface area (Å²) in [4.78, 5) is 8.58. The minimum absolute atomic E-state index is 0.219. The van der Waals surface area contributed by atoms with E-state index in [0.29, 0.717) is 5.82 Å². The monoisotopic (exact) mass is 233 g/mol. The number of rotatable bonds is 4. The molecule has 1 atom stereocenters. The molecule has 0 saturated carbocycles. The molecule has 5 heteroatoms. The molecule has 1 aromatic carbocycles. The van der Waals surface area contributed by atoms with Crippen molar-refractivity contribution in [3.8, 4) is 0 Å². The zero-order chi connectivity index (χ0) is 12.3. The maximum absolute atomic E-state index is 9.64. The molecule has 1 heterocycles. The van der Waals surface area contributed by atoms with Crippen molar-refractivity contribution in [2.24, 2.45) is 0 Å². The van der Waals surface area contributed by atoms with E-state index in [9.17, 15) is 5.11 Å². The van der Waals surface area contributed by atoms with Gasteiger partial charge in [-0.05, 0) is 19.1 Å². The average molecular weight is 233 g/mol. The smallest absolute Gasteiger partial charge is 0.145 e. The summed E-state index contributed by atoms with van der Waals surface area (Å²) in [7, 11) is 0. The van der Waals surface area contributed by atoms with Gasteiger partial charge < -0.3 is 15.5 Å². The molecule has 3 N–H and O–H groups in total. The summed E-state index contributed by atoms with van der Waals surface area (Å²) in [6.07, 6.45) is 1.61. The standard InChI is InChI=1S/C12H15N3O2/c1-12(17,8-16)7-14-11-6-13-9-4-2-3-5-10(9)15-11/h2-6,16-17H,7-8H2,1H3,(H,14,15). The number of nitrogens with one attached hydrogen (secondary N) is 1. The zero-order valence-corrected chi connectivity index (χ0v) is 9.59. The summed E-state index contributed by atoms with van der Waals surface area (Å²) in [6, 6.07) is 7.55. The fourth-order valence-corrected chi connectivity index (χ4v) is 1.38. The van der Waals surface area contributed by atoms with E-state index in [4.69, 9.17) is 5.11 Å². The summed E-state index contributed by atoms with van der Waals surface area (Å²) >= 11 is 0. The van der Waals surface area contributed by atoms with Gasteiger partial charge in [-0.15, -0.1) is 0 Å². The van der Waals surface area contributed by atoms with Crippen molar-refractivity contribution in [3.63, 3.8) is 0 Å². The summed E-state index contributed by atoms with van der Waals surface area (Å²) in [5.41, 5.74) is 0.459. The number of nitrogens with zero attached hydrogens (tertiary/aromatic N) is 2. The van der Waals surface area contributed by atoms with Crippen molar-refractivity contribution >= 4 is 16.9 Å². The highest BCUT2D eigenvalue weighted by molar-refractivity contribution is 5.75. The van der Waals surface area contributed by atoms with Crippen molar-refractivity contribution in [2.45, 2.75) is 12.5 Å². The Morgan fingerprint density at radius 3 is 2.71 bits per heavy atom. The van der Waals surface area contributed by atoms with Gasteiger partial charge in [0.2, 0.25) is 0 Å². The summed E-state index contributed by atoms with van der Waals surface area (Å²) < 4.78 is 0. The van der Waals surface area contributed by atoms with Gasteiger partial charge in [-0.2, -0.15) is 0 Å². The molecule has 17 heavy (non-hydrogen) atoms. The van der Waals surface area contributed by atoms with E-state index in [1.165, 1.54) is 0 Å². The predicted octanol–water partition coefficient (Wildman–Crippen LogP) is 0.785. The highest BCUT2D eigenvalue weighted by Crippen LogP contribution is 2.12. The van der Waals surface area contributed by atoms with E-state index < -0.39 is 5.60 Å². The summed E-state index contributed by atoms with van der Waals surface area (Å²) in [5.74, 6) is 0.581. The molecular weight excluding hydrogens is 218 g/mol. The number of aromatic nitrogens is 2. The third kappa shape index (κ3) is 2.89. The molecule has 1 aromatic heterocycles. The van der Waals surface area contributed by atoms with Gasteiger partial charge in [0.1, 0.15) is 11.4 Å². The predicted molar refractivity (Wildman–Crippen MR) is 65.7 cm³/mol. The molecule has 0 bridgehead atoms. The third-order valence-electron chi connectivity index (χ3n) is 2.44. The molecule has 1 unspecified atom stereocenters. The Bertz CT molecular complexity index is 514. The van der Waals surface area contributed by atoms with Crippen molar-refractivity contribution in [2.75, 3.05) is 18.5 Å². The molecule has 0 amide bonds. The Morgan fingerprint density at radius 2 is 2.00 bits per heavy atom. The maximum Gasteiger partial charge on any atom is 0.145 e. The van der Waals surface area contributed by atoms with Crippen LogP contribution in [0.25, 0.3) is 11.0 Å². The van der Waals surface area contributed by atoms with Gasteiger partial charge in [0.15, 0.2) is 0 Å². The second kappa shape index (κ2) is 4.65. The molecule has 2 aromatic rings. The first kappa shape index (κ1) is 11.8. The topological polar surface area (TPSA) is 78.3 Å². The van der Waals surface area contributed by atoms with Crippen molar-refractivity contribution in [1.82, 2.24) is 9.97 Å². The molecule has 5 nitrogen and oxygen atoms in total. The van der Waals surface area contributed by atoms with Crippen LogP contribution in [0.15, 0.2) is 30.5 Å². The van der Waals surface area contributed by atoms with Gasteiger partial charge >= 0.3 is 0 Å². The van der Waals surface area contributed by atoms with Gasteiger partial charge in [0.05, 0.1) is 23.8 Å². The number of hydrogen-bond donors (Lipinski definition) is 3. The SMILES string of the molecule is CC(O)(CO)CNc1cnc2ccccc2n1. The molecule has 0 fully saturated rings. The first-order chi connectivity index (χ1) is 8.11.